The number of carbonyl (C=O) groups is 3. The Balaban J connectivity index is 2.29. The van der Waals surface area contributed by atoms with E-state index in [2.05, 4.69) is 5.32 Å². The van der Waals surface area contributed by atoms with Gasteiger partial charge in [0.05, 0.1) is 6.54 Å². The number of hydrogen-bond donors (Lipinski definition) is 1. The van der Waals surface area contributed by atoms with Crippen LogP contribution in [-0.2, 0) is 4.79 Å². The van der Waals surface area contributed by atoms with Crippen molar-refractivity contribution in [1.29, 1.82) is 0 Å². The topological polar surface area (TPSA) is 66.5 Å². The molecule has 76 valence electrons. The van der Waals surface area contributed by atoms with Crippen LogP contribution in [0.15, 0.2) is 30.3 Å². The van der Waals surface area contributed by atoms with Crippen LogP contribution < -0.4 is 5.32 Å². The number of nitrogens with zero attached hydrogens (tertiary/aromatic N) is 1. The first kappa shape index (κ1) is 9.39. The summed E-state index contributed by atoms with van der Waals surface area (Å²) >= 11 is 0. The molecule has 1 saturated heterocycles. The summed E-state index contributed by atoms with van der Waals surface area (Å²) in [6.45, 7) is -0.114. The Morgan fingerprint density at radius 2 is 1.87 bits per heavy atom. The number of nitrogens with one attached hydrogen (secondary N) is 1. The number of benzene rings is 1. The van der Waals surface area contributed by atoms with Crippen LogP contribution in [0.25, 0.3) is 0 Å². The van der Waals surface area contributed by atoms with Gasteiger partial charge in [-0.05, 0) is 12.1 Å². The largest absolute Gasteiger partial charge is 0.331 e. The number of rotatable bonds is 1. The van der Waals surface area contributed by atoms with Gasteiger partial charge in [-0.1, -0.05) is 18.2 Å². The van der Waals surface area contributed by atoms with Crippen molar-refractivity contribution in [3.05, 3.63) is 35.9 Å². The SMILES string of the molecule is O=C1CNC(=O)N1C(=O)c1ccccc1. The smallest absolute Gasteiger partial charge is 0.328 e. The fourth-order valence-electron chi connectivity index (χ4n) is 1.34. The Morgan fingerprint density at radius 1 is 1.20 bits per heavy atom. The lowest BCUT2D eigenvalue weighted by Gasteiger charge is -2.09. The molecule has 0 radical (unpaired) electrons. The summed E-state index contributed by atoms with van der Waals surface area (Å²) in [5.41, 5.74) is 0.322. The average molecular weight is 204 g/mol. The van der Waals surface area contributed by atoms with Gasteiger partial charge in [-0.15, -0.1) is 0 Å². The van der Waals surface area contributed by atoms with E-state index in [1.807, 2.05) is 0 Å². The van der Waals surface area contributed by atoms with Crippen molar-refractivity contribution in [2.45, 2.75) is 0 Å². The lowest BCUT2D eigenvalue weighted by atomic mass is 10.2. The third-order valence-electron chi connectivity index (χ3n) is 2.07. The van der Waals surface area contributed by atoms with Gasteiger partial charge in [0.2, 0.25) is 0 Å². The standard InChI is InChI=1S/C10H8N2O3/c13-8-6-11-10(15)12(8)9(14)7-4-2-1-3-5-7/h1-5H,6H2,(H,11,15). The Bertz CT molecular complexity index is 412. The molecule has 5 nitrogen and oxygen atoms in total. The normalized spacial score (nSPS) is 15.3. The van der Waals surface area contributed by atoms with Gasteiger partial charge in [0.25, 0.3) is 11.8 Å². The molecule has 15 heavy (non-hydrogen) atoms. The minimum atomic E-state index is -0.658. The van der Waals surface area contributed by atoms with Gasteiger partial charge in [0.15, 0.2) is 0 Å². The third-order valence-corrected chi connectivity index (χ3v) is 2.07. The zero-order valence-corrected chi connectivity index (χ0v) is 7.77. The maximum Gasteiger partial charge on any atom is 0.331 e. The second-order valence-electron chi connectivity index (χ2n) is 3.06. The lowest BCUT2D eigenvalue weighted by molar-refractivity contribution is -0.123. The number of urea groups is 1. The van der Waals surface area contributed by atoms with Crippen LogP contribution in [0.2, 0.25) is 0 Å². The van der Waals surface area contributed by atoms with E-state index >= 15 is 0 Å². The van der Waals surface area contributed by atoms with E-state index in [1.165, 1.54) is 0 Å². The van der Waals surface area contributed by atoms with Crippen molar-refractivity contribution in [1.82, 2.24) is 10.2 Å². The molecule has 5 heteroatoms. The first-order chi connectivity index (χ1) is 7.20. The minimum Gasteiger partial charge on any atom is -0.328 e. The van der Waals surface area contributed by atoms with Crippen LogP contribution in [0.1, 0.15) is 10.4 Å². The second kappa shape index (κ2) is 3.53. The highest BCUT2D eigenvalue weighted by Gasteiger charge is 2.34. The van der Waals surface area contributed by atoms with Crippen LogP contribution in [0.3, 0.4) is 0 Å². The predicted octanol–water partition coefficient (Wildman–Crippen LogP) is 0.379. The minimum absolute atomic E-state index is 0.114. The van der Waals surface area contributed by atoms with Gasteiger partial charge >= 0.3 is 6.03 Å². The third kappa shape index (κ3) is 1.59. The molecule has 1 heterocycles. The molecule has 1 fully saturated rings. The maximum absolute atomic E-state index is 11.7. The highest BCUT2D eigenvalue weighted by atomic mass is 16.2. The number of hydrogen-bond acceptors (Lipinski definition) is 3. The fraction of sp³-hybridized carbons (Fsp3) is 0.100. The van der Waals surface area contributed by atoms with Crippen molar-refractivity contribution in [3.8, 4) is 0 Å². The molecule has 1 aromatic carbocycles. The first-order valence-electron chi connectivity index (χ1n) is 4.40. The quantitative estimate of drug-likeness (QED) is 0.531. The van der Waals surface area contributed by atoms with E-state index < -0.39 is 17.8 Å². The van der Waals surface area contributed by atoms with Gasteiger partial charge in [-0.2, -0.15) is 4.90 Å². The van der Waals surface area contributed by atoms with Gasteiger partial charge in [0, 0.05) is 5.56 Å². The second-order valence-corrected chi connectivity index (χ2v) is 3.06. The van der Waals surface area contributed by atoms with Crippen LogP contribution in [0, 0.1) is 0 Å². The monoisotopic (exact) mass is 204 g/mol. The molecule has 1 aliphatic heterocycles. The zero-order valence-electron chi connectivity index (χ0n) is 7.77. The Kier molecular flexibility index (Phi) is 2.21. The molecule has 0 saturated carbocycles. The molecule has 4 amide bonds. The molecule has 1 N–H and O–H groups in total. The predicted molar refractivity (Wildman–Crippen MR) is 51.0 cm³/mol. The highest BCUT2D eigenvalue weighted by molar-refractivity contribution is 6.19. The molecular weight excluding hydrogens is 196 g/mol. The van der Waals surface area contributed by atoms with Crippen molar-refractivity contribution in [3.63, 3.8) is 0 Å². The fourth-order valence-corrected chi connectivity index (χ4v) is 1.34. The van der Waals surface area contributed by atoms with E-state index in [0.29, 0.717) is 10.5 Å². The average Bonchev–Trinajstić information content (AvgIpc) is 2.59. The summed E-state index contributed by atoms with van der Waals surface area (Å²) in [6.07, 6.45) is 0. The number of carbonyl (C=O) groups excluding carboxylic acids is 3. The molecule has 1 aromatic rings. The molecule has 0 bridgehead atoms. The van der Waals surface area contributed by atoms with E-state index in [9.17, 15) is 14.4 Å². The van der Waals surface area contributed by atoms with Crippen LogP contribution >= 0.6 is 0 Å². The summed E-state index contributed by atoms with van der Waals surface area (Å²) < 4.78 is 0. The Hall–Kier alpha value is -2.17. The van der Waals surface area contributed by atoms with E-state index in [-0.39, 0.29) is 6.54 Å². The maximum atomic E-state index is 11.7. The number of imide groups is 3. The highest BCUT2D eigenvalue weighted by Crippen LogP contribution is 2.08. The molecule has 2 rings (SSSR count). The molecular formula is C10H8N2O3. The van der Waals surface area contributed by atoms with Crippen LogP contribution in [-0.4, -0.2) is 29.3 Å². The summed E-state index contributed by atoms with van der Waals surface area (Å²) in [7, 11) is 0. The van der Waals surface area contributed by atoms with Crippen LogP contribution in [0.4, 0.5) is 4.79 Å². The van der Waals surface area contributed by atoms with E-state index in [0.717, 1.165) is 0 Å². The summed E-state index contributed by atoms with van der Waals surface area (Å²) in [5, 5.41) is 2.29. The van der Waals surface area contributed by atoms with Gasteiger partial charge in [0.1, 0.15) is 0 Å². The van der Waals surface area contributed by atoms with Crippen molar-refractivity contribution in [2.75, 3.05) is 6.54 Å². The van der Waals surface area contributed by atoms with Crippen molar-refractivity contribution >= 4 is 17.8 Å². The van der Waals surface area contributed by atoms with Gasteiger partial charge in [-0.25, -0.2) is 4.79 Å². The molecule has 1 aliphatic rings. The van der Waals surface area contributed by atoms with Crippen molar-refractivity contribution in [2.24, 2.45) is 0 Å². The Morgan fingerprint density at radius 3 is 2.40 bits per heavy atom. The van der Waals surface area contributed by atoms with Crippen LogP contribution in [0.5, 0.6) is 0 Å². The molecule has 0 aliphatic carbocycles. The Labute approximate surface area is 85.7 Å². The van der Waals surface area contributed by atoms with Gasteiger partial charge < -0.3 is 5.32 Å². The molecule has 0 atom stereocenters. The van der Waals surface area contributed by atoms with E-state index in [4.69, 9.17) is 0 Å². The molecule has 0 aromatic heterocycles. The van der Waals surface area contributed by atoms with Gasteiger partial charge in [-0.3, -0.25) is 9.59 Å². The number of amides is 4. The van der Waals surface area contributed by atoms with Crippen molar-refractivity contribution < 1.29 is 14.4 Å². The first-order valence-corrected chi connectivity index (χ1v) is 4.40. The molecule has 0 spiro atoms. The zero-order chi connectivity index (χ0) is 10.8. The van der Waals surface area contributed by atoms with E-state index in [1.54, 1.807) is 30.3 Å². The summed E-state index contributed by atoms with van der Waals surface area (Å²) in [4.78, 5) is 34.7. The summed E-state index contributed by atoms with van der Waals surface area (Å²) in [6, 6.07) is 7.55. The molecule has 0 unspecified atom stereocenters. The lowest BCUT2D eigenvalue weighted by Crippen LogP contribution is -2.36. The summed E-state index contributed by atoms with van der Waals surface area (Å²) in [5.74, 6) is -1.11.